The Kier molecular flexibility index (Phi) is 4.18. The molecule has 1 heterocycles. The molecule has 3 heteroatoms. The van der Waals surface area contributed by atoms with Gasteiger partial charge in [-0.15, -0.1) is 0 Å². The van der Waals surface area contributed by atoms with E-state index >= 15 is 0 Å². The number of nitrogens with zero attached hydrogens (tertiary/aromatic N) is 2. The molecule has 1 aromatic carbocycles. The Labute approximate surface area is 108 Å². The molecule has 18 heavy (non-hydrogen) atoms. The second-order valence-corrected chi connectivity index (χ2v) is 4.06. The van der Waals surface area contributed by atoms with Gasteiger partial charge in [-0.3, -0.25) is 4.98 Å². The van der Waals surface area contributed by atoms with Crippen molar-refractivity contribution in [2.45, 2.75) is 13.3 Å². The molecule has 0 aliphatic rings. The lowest BCUT2D eigenvalue weighted by Crippen LogP contribution is -2.17. The summed E-state index contributed by atoms with van der Waals surface area (Å²) in [5.74, 6) is 0.877. The summed E-state index contributed by atoms with van der Waals surface area (Å²) in [5.41, 5.74) is 2.29. The summed E-state index contributed by atoms with van der Waals surface area (Å²) in [5, 5.41) is 0. The number of pyridine rings is 1. The van der Waals surface area contributed by atoms with Crippen LogP contribution in [0.5, 0.6) is 5.75 Å². The van der Waals surface area contributed by atoms with Crippen LogP contribution in [0.2, 0.25) is 0 Å². The Hall–Kier alpha value is -2.03. The third-order valence-corrected chi connectivity index (χ3v) is 2.79. The zero-order valence-corrected chi connectivity index (χ0v) is 10.8. The van der Waals surface area contributed by atoms with Crippen LogP contribution in [0.15, 0.2) is 48.8 Å². The lowest BCUT2D eigenvalue weighted by atomic mass is 10.2. The van der Waals surface area contributed by atoms with E-state index in [0.29, 0.717) is 0 Å². The Morgan fingerprint density at radius 3 is 2.56 bits per heavy atom. The van der Waals surface area contributed by atoms with Gasteiger partial charge in [0, 0.05) is 36.4 Å². The first-order valence-corrected chi connectivity index (χ1v) is 6.16. The number of ether oxygens (including phenoxy) is 1. The molecule has 0 aliphatic heterocycles. The zero-order chi connectivity index (χ0) is 12.8. The molecular formula is C15H18N2O. The highest BCUT2D eigenvalue weighted by molar-refractivity contribution is 5.64. The molecule has 0 saturated carbocycles. The molecule has 2 aromatic rings. The molecular weight excluding hydrogens is 224 g/mol. The van der Waals surface area contributed by atoms with Crippen molar-refractivity contribution in [3.05, 3.63) is 48.8 Å². The van der Waals surface area contributed by atoms with Gasteiger partial charge in [0.1, 0.15) is 5.75 Å². The fourth-order valence-corrected chi connectivity index (χ4v) is 1.93. The van der Waals surface area contributed by atoms with Crippen molar-refractivity contribution in [3.63, 3.8) is 0 Å². The molecule has 94 valence electrons. The minimum absolute atomic E-state index is 0.877. The van der Waals surface area contributed by atoms with E-state index in [1.165, 1.54) is 0 Å². The van der Waals surface area contributed by atoms with Crippen molar-refractivity contribution < 1.29 is 4.74 Å². The predicted octanol–water partition coefficient (Wildman–Crippen LogP) is 3.64. The van der Waals surface area contributed by atoms with Gasteiger partial charge in [-0.2, -0.15) is 0 Å². The highest BCUT2D eigenvalue weighted by Gasteiger charge is 2.08. The molecule has 0 N–H and O–H groups in total. The average Bonchev–Trinajstić information content (AvgIpc) is 2.46. The largest absolute Gasteiger partial charge is 0.497 e. The standard InChI is InChI=1S/C15H18N2O/c1-3-11-17(13-7-9-16-10-8-13)14-5-4-6-15(12-14)18-2/h4-10,12H,3,11H2,1-2H3. The summed E-state index contributed by atoms with van der Waals surface area (Å²) in [6, 6.07) is 12.2. The molecule has 0 unspecified atom stereocenters. The van der Waals surface area contributed by atoms with E-state index in [0.717, 1.165) is 30.1 Å². The van der Waals surface area contributed by atoms with Gasteiger partial charge in [-0.1, -0.05) is 13.0 Å². The van der Waals surface area contributed by atoms with E-state index < -0.39 is 0 Å². The molecule has 0 radical (unpaired) electrons. The fourth-order valence-electron chi connectivity index (χ4n) is 1.93. The second-order valence-electron chi connectivity index (χ2n) is 4.06. The normalized spacial score (nSPS) is 10.1. The number of hydrogen-bond donors (Lipinski definition) is 0. The van der Waals surface area contributed by atoms with Crippen LogP contribution in [0.25, 0.3) is 0 Å². The van der Waals surface area contributed by atoms with Crippen molar-refractivity contribution in [2.24, 2.45) is 0 Å². The van der Waals surface area contributed by atoms with Crippen molar-refractivity contribution in [3.8, 4) is 5.75 Å². The fraction of sp³-hybridized carbons (Fsp3) is 0.267. The van der Waals surface area contributed by atoms with Gasteiger partial charge >= 0.3 is 0 Å². The highest BCUT2D eigenvalue weighted by Crippen LogP contribution is 2.27. The van der Waals surface area contributed by atoms with Crippen molar-refractivity contribution >= 4 is 11.4 Å². The van der Waals surface area contributed by atoms with Crippen LogP contribution in [0.3, 0.4) is 0 Å². The molecule has 0 saturated heterocycles. The summed E-state index contributed by atoms with van der Waals surface area (Å²) in [7, 11) is 1.69. The summed E-state index contributed by atoms with van der Waals surface area (Å²) < 4.78 is 5.28. The Morgan fingerprint density at radius 1 is 1.11 bits per heavy atom. The number of anilines is 2. The van der Waals surface area contributed by atoms with E-state index in [1.807, 2.05) is 36.7 Å². The summed E-state index contributed by atoms with van der Waals surface area (Å²) in [6.07, 6.45) is 4.72. The van der Waals surface area contributed by atoms with Gasteiger partial charge in [0.15, 0.2) is 0 Å². The third kappa shape index (κ3) is 2.80. The molecule has 3 nitrogen and oxygen atoms in total. The van der Waals surface area contributed by atoms with Crippen LogP contribution >= 0.6 is 0 Å². The highest BCUT2D eigenvalue weighted by atomic mass is 16.5. The smallest absolute Gasteiger partial charge is 0.120 e. The third-order valence-electron chi connectivity index (χ3n) is 2.79. The number of hydrogen-bond acceptors (Lipinski definition) is 3. The maximum atomic E-state index is 5.28. The molecule has 2 rings (SSSR count). The van der Waals surface area contributed by atoms with Crippen LogP contribution in [-0.4, -0.2) is 18.6 Å². The first-order valence-electron chi connectivity index (χ1n) is 6.16. The number of methoxy groups -OCH3 is 1. The maximum Gasteiger partial charge on any atom is 0.120 e. The topological polar surface area (TPSA) is 25.4 Å². The van der Waals surface area contributed by atoms with Gasteiger partial charge in [-0.25, -0.2) is 0 Å². The minimum atomic E-state index is 0.877. The van der Waals surface area contributed by atoms with E-state index in [1.54, 1.807) is 7.11 Å². The second kappa shape index (κ2) is 6.05. The van der Waals surface area contributed by atoms with Crippen LogP contribution in [-0.2, 0) is 0 Å². The first-order chi connectivity index (χ1) is 8.85. The number of rotatable bonds is 5. The molecule has 0 aliphatic carbocycles. The van der Waals surface area contributed by atoms with Gasteiger partial charge in [0.05, 0.1) is 7.11 Å². The first kappa shape index (κ1) is 12.4. The molecule has 1 aromatic heterocycles. The van der Waals surface area contributed by atoms with Gasteiger partial charge < -0.3 is 9.64 Å². The molecule has 0 atom stereocenters. The SMILES string of the molecule is CCCN(c1ccncc1)c1cccc(OC)c1. The Balaban J connectivity index is 2.35. The van der Waals surface area contributed by atoms with Crippen LogP contribution in [0, 0.1) is 0 Å². The maximum absolute atomic E-state index is 5.28. The quantitative estimate of drug-likeness (QED) is 0.800. The molecule has 0 bridgehead atoms. The minimum Gasteiger partial charge on any atom is -0.497 e. The van der Waals surface area contributed by atoms with E-state index in [-0.39, 0.29) is 0 Å². The van der Waals surface area contributed by atoms with Crippen LogP contribution in [0.1, 0.15) is 13.3 Å². The van der Waals surface area contributed by atoms with Gasteiger partial charge in [0.25, 0.3) is 0 Å². The van der Waals surface area contributed by atoms with Crippen molar-refractivity contribution in [1.29, 1.82) is 0 Å². The number of aromatic nitrogens is 1. The van der Waals surface area contributed by atoms with E-state index in [4.69, 9.17) is 4.74 Å². The summed E-state index contributed by atoms with van der Waals surface area (Å²) in [4.78, 5) is 6.33. The molecule has 0 amide bonds. The predicted molar refractivity (Wildman–Crippen MR) is 74.5 cm³/mol. The van der Waals surface area contributed by atoms with Gasteiger partial charge in [-0.05, 0) is 30.7 Å². The van der Waals surface area contributed by atoms with Crippen LogP contribution in [0.4, 0.5) is 11.4 Å². The Bertz CT molecular complexity index is 485. The van der Waals surface area contributed by atoms with Crippen molar-refractivity contribution in [1.82, 2.24) is 4.98 Å². The summed E-state index contributed by atoms with van der Waals surface area (Å²) >= 11 is 0. The summed E-state index contributed by atoms with van der Waals surface area (Å²) in [6.45, 7) is 3.14. The Morgan fingerprint density at radius 2 is 1.89 bits per heavy atom. The number of benzene rings is 1. The average molecular weight is 242 g/mol. The van der Waals surface area contributed by atoms with Crippen LogP contribution < -0.4 is 9.64 Å². The monoisotopic (exact) mass is 242 g/mol. The van der Waals surface area contributed by atoms with Gasteiger partial charge in [0.2, 0.25) is 0 Å². The lowest BCUT2D eigenvalue weighted by molar-refractivity contribution is 0.415. The molecule has 0 fully saturated rings. The van der Waals surface area contributed by atoms with E-state index in [2.05, 4.69) is 28.9 Å². The zero-order valence-electron chi connectivity index (χ0n) is 10.8. The lowest BCUT2D eigenvalue weighted by Gasteiger charge is -2.24. The van der Waals surface area contributed by atoms with Crippen molar-refractivity contribution in [2.75, 3.05) is 18.6 Å². The van der Waals surface area contributed by atoms with E-state index in [9.17, 15) is 0 Å². The molecule has 0 spiro atoms.